The Bertz CT molecular complexity index is 451. The van der Waals surface area contributed by atoms with Crippen molar-refractivity contribution in [2.24, 2.45) is 0 Å². The van der Waals surface area contributed by atoms with Crippen LogP contribution < -0.4 is 5.73 Å². The van der Waals surface area contributed by atoms with Gasteiger partial charge in [-0.2, -0.15) is 0 Å². The van der Waals surface area contributed by atoms with E-state index in [1.54, 1.807) is 12.1 Å². The molecule has 1 aromatic heterocycles. The van der Waals surface area contributed by atoms with Crippen LogP contribution in [0.3, 0.4) is 0 Å². The molecule has 0 aliphatic heterocycles. The summed E-state index contributed by atoms with van der Waals surface area (Å²) in [6, 6.07) is 5.65. The molecule has 0 fully saturated rings. The largest absolute Gasteiger partial charge is 0.396 e. The first-order valence-corrected chi connectivity index (χ1v) is 4.85. The summed E-state index contributed by atoms with van der Waals surface area (Å²) in [5.41, 5.74) is 5.32. The molecule has 1 aromatic carbocycles. The number of anilines is 1. The highest BCUT2D eigenvalue weighted by Gasteiger charge is 2.09. The van der Waals surface area contributed by atoms with E-state index in [0.29, 0.717) is 4.88 Å². The van der Waals surface area contributed by atoms with Gasteiger partial charge in [0.25, 0.3) is 0 Å². The number of nitrogen functional groups attached to an aromatic ring is 1. The van der Waals surface area contributed by atoms with Crippen molar-refractivity contribution in [3.05, 3.63) is 41.3 Å². The van der Waals surface area contributed by atoms with Gasteiger partial charge in [-0.3, -0.25) is 0 Å². The predicted octanol–water partition coefficient (Wildman–Crippen LogP) is 3.28. The normalized spacial score (nSPS) is 10.4. The molecule has 2 aromatic rings. The summed E-state index contributed by atoms with van der Waals surface area (Å²) in [7, 11) is 0. The Labute approximate surface area is 83.8 Å². The summed E-state index contributed by atoms with van der Waals surface area (Å²) in [6.07, 6.45) is 0. The van der Waals surface area contributed by atoms with Gasteiger partial charge in [-0.05, 0) is 17.5 Å². The maximum absolute atomic E-state index is 13.4. The standard InChI is InChI=1S/C10H7F2NS/c11-7-5-9(13)8(12)4-6(7)10-2-1-3-14-10/h1-5H,13H2. The molecular weight excluding hydrogens is 204 g/mol. The molecule has 2 rings (SSSR count). The Kier molecular flexibility index (Phi) is 2.21. The number of thiophene rings is 1. The highest BCUT2D eigenvalue weighted by Crippen LogP contribution is 2.29. The minimum atomic E-state index is -0.588. The Morgan fingerprint density at radius 2 is 1.93 bits per heavy atom. The van der Waals surface area contributed by atoms with Crippen LogP contribution in [0.1, 0.15) is 0 Å². The molecule has 72 valence electrons. The Morgan fingerprint density at radius 3 is 2.57 bits per heavy atom. The van der Waals surface area contributed by atoms with Crippen LogP contribution in [-0.4, -0.2) is 0 Å². The number of hydrogen-bond donors (Lipinski definition) is 1. The lowest BCUT2D eigenvalue weighted by Gasteiger charge is -2.02. The van der Waals surface area contributed by atoms with Crippen molar-refractivity contribution < 1.29 is 8.78 Å². The smallest absolute Gasteiger partial charge is 0.146 e. The van der Waals surface area contributed by atoms with E-state index >= 15 is 0 Å². The molecule has 0 saturated heterocycles. The molecule has 4 heteroatoms. The van der Waals surface area contributed by atoms with Crippen LogP contribution in [0.2, 0.25) is 0 Å². The molecule has 1 nitrogen and oxygen atoms in total. The second-order valence-electron chi connectivity index (χ2n) is 2.83. The lowest BCUT2D eigenvalue weighted by molar-refractivity contribution is 0.607. The van der Waals surface area contributed by atoms with Gasteiger partial charge in [-0.25, -0.2) is 8.78 Å². The predicted molar refractivity (Wildman–Crippen MR) is 54.1 cm³/mol. The van der Waals surface area contributed by atoms with Crippen LogP contribution in [0.4, 0.5) is 14.5 Å². The fourth-order valence-electron chi connectivity index (χ4n) is 1.18. The van der Waals surface area contributed by atoms with Crippen molar-refractivity contribution in [2.75, 3.05) is 5.73 Å². The second kappa shape index (κ2) is 3.38. The molecular formula is C10H7F2NS. The van der Waals surface area contributed by atoms with Gasteiger partial charge in [0.15, 0.2) is 0 Å². The van der Waals surface area contributed by atoms with Crippen molar-refractivity contribution in [3.63, 3.8) is 0 Å². The van der Waals surface area contributed by atoms with Crippen LogP contribution in [-0.2, 0) is 0 Å². The first kappa shape index (κ1) is 9.15. The van der Waals surface area contributed by atoms with Crippen molar-refractivity contribution in [1.82, 2.24) is 0 Å². The van der Waals surface area contributed by atoms with E-state index < -0.39 is 11.6 Å². The summed E-state index contributed by atoms with van der Waals surface area (Å²) >= 11 is 1.36. The molecule has 0 bridgehead atoms. The van der Waals surface area contributed by atoms with Gasteiger partial charge in [-0.1, -0.05) is 6.07 Å². The first-order valence-electron chi connectivity index (χ1n) is 3.97. The summed E-state index contributed by atoms with van der Waals surface area (Å²) in [4.78, 5) is 0.696. The van der Waals surface area contributed by atoms with Crippen LogP contribution in [0.25, 0.3) is 10.4 Å². The van der Waals surface area contributed by atoms with Crippen LogP contribution in [0.5, 0.6) is 0 Å². The van der Waals surface area contributed by atoms with Gasteiger partial charge < -0.3 is 5.73 Å². The van der Waals surface area contributed by atoms with E-state index in [2.05, 4.69) is 0 Å². The molecule has 0 spiro atoms. The van der Waals surface area contributed by atoms with Crippen molar-refractivity contribution in [3.8, 4) is 10.4 Å². The molecule has 0 unspecified atom stereocenters. The molecule has 0 radical (unpaired) electrons. The average molecular weight is 211 g/mol. The van der Waals surface area contributed by atoms with Gasteiger partial charge >= 0.3 is 0 Å². The third-order valence-corrected chi connectivity index (χ3v) is 2.78. The van der Waals surface area contributed by atoms with Crippen LogP contribution in [0, 0.1) is 11.6 Å². The number of nitrogens with two attached hydrogens (primary N) is 1. The van der Waals surface area contributed by atoms with Crippen LogP contribution in [0.15, 0.2) is 29.6 Å². The fraction of sp³-hybridized carbons (Fsp3) is 0. The van der Waals surface area contributed by atoms with E-state index in [9.17, 15) is 8.78 Å². The summed E-state index contributed by atoms with van der Waals surface area (Å²) in [5, 5.41) is 1.81. The second-order valence-corrected chi connectivity index (χ2v) is 3.78. The van der Waals surface area contributed by atoms with E-state index in [0.717, 1.165) is 12.1 Å². The quantitative estimate of drug-likeness (QED) is 0.720. The molecule has 0 aliphatic carbocycles. The SMILES string of the molecule is Nc1cc(F)c(-c2cccs2)cc1F. The van der Waals surface area contributed by atoms with E-state index in [1.807, 2.05) is 5.38 Å². The van der Waals surface area contributed by atoms with E-state index in [1.165, 1.54) is 11.3 Å². The maximum atomic E-state index is 13.4. The zero-order valence-corrected chi connectivity index (χ0v) is 7.94. The maximum Gasteiger partial charge on any atom is 0.146 e. The monoisotopic (exact) mass is 211 g/mol. The third-order valence-electron chi connectivity index (χ3n) is 1.87. The lowest BCUT2D eigenvalue weighted by Crippen LogP contribution is -1.93. The van der Waals surface area contributed by atoms with Crippen molar-refractivity contribution in [2.45, 2.75) is 0 Å². The molecule has 2 N–H and O–H groups in total. The van der Waals surface area contributed by atoms with E-state index in [-0.39, 0.29) is 11.3 Å². The minimum absolute atomic E-state index is 0.164. The first-order chi connectivity index (χ1) is 6.68. The summed E-state index contributed by atoms with van der Waals surface area (Å²) in [5.74, 6) is -1.08. The van der Waals surface area contributed by atoms with Crippen LogP contribution >= 0.6 is 11.3 Å². The van der Waals surface area contributed by atoms with Crippen molar-refractivity contribution >= 4 is 17.0 Å². The number of benzene rings is 1. The molecule has 0 atom stereocenters. The van der Waals surface area contributed by atoms with Crippen molar-refractivity contribution in [1.29, 1.82) is 0 Å². The Morgan fingerprint density at radius 1 is 1.14 bits per heavy atom. The minimum Gasteiger partial charge on any atom is -0.396 e. The zero-order chi connectivity index (χ0) is 10.1. The third kappa shape index (κ3) is 1.48. The van der Waals surface area contributed by atoms with E-state index in [4.69, 9.17) is 5.73 Å². The van der Waals surface area contributed by atoms with Gasteiger partial charge in [0.05, 0.1) is 5.69 Å². The summed E-state index contributed by atoms with van der Waals surface area (Å²) in [6.45, 7) is 0. The Hall–Kier alpha value is -1.42. The average Bonchev–Trinajstić information content (AvgIpc) is 2.64. The number of hydrogen-bond acceptors (Lipinski definition) is 2. The molecule has 0 aliphatic rings. The molecule has 1 heterocycles. The number of halogens is 2. The molecule has 0 amide bonds. The highest BCUT2D eigenvalue weighted by atomic mass is 32.1. The van der Waals surface area contributed by atoms with Gasteiger partial charge in [0.2, 0.25) is 0 Å². The van der Waals surface area contributed by atoms with Gasteiger partial charge in [-0.15, -0.1) is 11.3 Å². The molecule has 0 saturated carbocycles. The molecule has 14 heavy (non-hydrogen) atoms. The van der Waals surface area contributed by atoms with Gasteiger partial charge in [0.1, 0.15) is 11.6 Å². The fourth-order valence-corrected chi connectivity index (χ4v) is 1.93. The Balaban J connectivity index is 2.60. The topological polar surface area (TPSA) is 26.0 Å². The lowest BCUT2D eigenvalue weighted by atomic mass is 10.1. The summed E-state index contributed by atoms with van der Waals surface area (Å²) < 4.78 is 26.4. The number of rotatable bonds is 1. The zero-order valence-electron chi connectivity index (χ0n) is 7.13. The van der Waals surface area contributed by atoms with Gasteiger partial charge in [0, 0.05) is 16.5 Å². The highest BCUT2D eigenvalue weighted by molar-refractivity contribution is 7.13.